The largest absolute Gasteiger partial charge is 0.522 e. The van der Waals surface area contributed by atoms with E-state index in [1.54, 1.807) is 0 Å². The topological polar surface area (TPSA) is 63.6 Å². The molecule has 1 heterocycles. The van der Waals surface area contributed by atoms with Crippen molar-refractivity contribution in [1.82, 2.24) is 0 Å². The second-order valence-corrected chi connectivity index (χ2v) is 9.05. The summed E-state index contributed by atoms with van der Waals surface area (Å²) in [5, 5.41) is 3.32. The highest BCUT2D eigenvalue weighted by Gasteiger charge is 2.44. The van der Waals surface area contributed by atoms with Crippen molar-refractivity contribution in [2.24, 2.45) is 0 Å². The van der Waals surface area contributed by atoms with Crippen molar-refractivity contribution >= 4 is 32.7 Å². The van der Waals surface area contributed by atoms with Crippen LogP contribution in [0.2, 0.25) is 0 Å². The summed E-state index contributed by atoms with van der Waals surface area (Å²) in [4.78, 5) is 0. The lowest BCUT2D eigenvalue weighted by Crippen LogP contribution is -2.21. The van der Waals surface area contributed by atoms with E-state index in [0.29, 0.717) is 5.25 Å². The Hall–Kier alpha value is -1.45. The molecule has 1 atom stereocenters. The second kappa shape index (κ2) is 9.84. The molecule has 0 aliphatic carbocycles. The fourth-order valence-electron chi connectivity index (χ4n) is 2.85. The van der Waals surface area contributed by atoms with Gasteiger partial charge in [0.25, 0.3) is 0 Å². The van der Waals surface area contributed by atoms with Crippen molar-refractivity contribution in [1.29, 1.82) is 0 Å². The van der Waals surface area contributed by atoms with E-state index in [0.717, 1.165) is 18.8 Å². The van der Waals surface area contributed by atoms with Crippen LogP contribution in [0, 0.1) is 0 Å². The lowest BCUT2D eigenvalue weighted by atomic mass is 9.99. The van der Waals surface area contributed by atoms with Gasteiger partial charge in [0.2, 0.25) is 0 Å². The van der Waals surface area contributed by atoms with E-state index in [9.17, 15) is 13.2 Å². The molecule has 0 bridgehead atoms. The van der Waals surface area contributed by atoms with Gasteiger partial charge in [0.05, 0.1) is 6.61 Å². The molecule has 1 aliphatic rings. The summed E-state index contributed by atoms with van der Waals surface area (Å²) in [5.74, 6) is 2.34. The first kappa shape index (κ1) is 22.8. The first-order chi connectivity index (χ1) is 13.1. The summed E-state index contributed by atoms with van der Waals surface area (Å²) in [5.41, 5.74) is -4.04. The average Bonchev–Trinajstić information content (AvgIpc) is 3.15. The summed E-state index contributed by atoms with van der Waals surface area (Å²) < 4.78 is 63.5. The third kappa shape index (κ3) is 6.02. The van der Waals surface area contributed by atoms with Gasteiger partial charge in [-0.15, -0.1) is 0 Å². The SMILES string of the molecule is CCCCOc1ccc(C2CCCS2)c2ccccc12.O=S(=O)(O)C(F)(F)F. The number of rotatable bonds is 5. The molecule has 3 rings (SSSR count). The molecular formula is C19H23F3O4S2. The maximum Gasteiger partial charge on any atom is 0.522 e. The first-order valence-electron chi connectivity index (χ1n) is 8.95. The summed E-state index contributed by atoms with van der Waals surface area (Å²) in [6.45, 7) is 3.01. The lowest BCUT2D eigenvalue weighted by molar-refractivity contribution is -0.0510. The molecule has 1 saturated heterocycles. The molecule has 0 aromatic heterocycles. The fourth-order valence-corrected chi connectivity index (χ4v) is 4.19. The predicted octanol–water partition coefficient (Wildman–Crippen LogP) is 5.98. The van der Waals surface area contributed by atoms with E-state index < -0.39 is 15.6 Å². The molecule has 0 radical (unpaired) electrons. The van der Waals surface area contributed by atoms with Crippen molar-refractivity contribution in [2.45, 2.75) is 43.4 Å². The zero-order chi connectivity index (χ0) is 20.8. The molecule has 2 aromatic rings. The third-order valence-corrected chi connectivity index (χ3v) is 6.24. The van der Waals surface area contributed by atoms with Gasteiger partial charge in [-0.2, -0.15) is 33.4 Å². The Morgan fingerprint density at radius 3 is 2.36 bits per heavy atom. The molecule has 1 unspecified atom stereocenters. The van der Waals surface area contributed by atoms with Gasteiger partial charge < -0.3 is 4.74 Å². The van der Waals surface area contributed by atoms with Gasteiger partial charge in [0.1, 0.15) is 5.75 Å². The van der Waals surface area contributed by atoms with Crippen molar-refractivity contribution < 1.29 is 30.9 Å². The van der Waals surface area contributed by atoms with Crippen LogP contribution in [0.4, 0.5) is 13.2 Å². The molecule has 28 heavy (non-hydrogen) atoms. The van der Waals surface area contributed by atoms with E-state index in [2.05, 4.69) is 55.1 Å². The zero-order valence-electron chi connectivity index (χ0n) is 15.4. The van der Waals surface area contributed by atoms with Crippen LogP contribution in [0.25, 0.3) is 10.8 Å². The summed E-state index contributed by atoms with van der Waals surface area (Å²) in [7, 11) is -5.84. The summed E-state index contributed by atoms with van der Waals surface area (Å²) in [6.07, 6.45) is 4.95. The van der Waals surface area contributed by atoms with Gasteiger partial charge in [-0.25, -0.2) is 0 Å². The molecule has 2 aromatic carbocycles. The number of hydrogen-bond donors (Lipinski definition) is 1. The Morgan fingerprint density at radius 1 is 1.18 bits per heavy atom. The van der Waals surface area contributed by atoms with Crippen LogP contribution in [0.15, 0.2) is 36.4 Å². The van der Waals surface area contributed by atoms with E-state index >= 15 is 0 Å². The van der Waals surface area contributed by atoms with Crippen LogP contribution in [0.5, 0.6) is 5.75 Å². The highest BCUT2D eigenvalue weighted by atomic mass is 32.2. The van der Waals surface area contributed by atoms with Crippen molar-refractivity contribution in [3.63, 3.8) is 0 Å². The van der Waals surface area contributed by atoms with E-state index in [1.165, 1.54) is 41.4 Å². The van der Waals surface area contributed by atoms with Gasteiger partial charge in [-0.05, 0) is 42.0 Å². The predicted molar refractivity (Wildman–Crippen MR) is 106 cm³/mol. The molecule has 156 valence electrons. The zero-order valence-corrected chi connectivity index (χ0v) is 17.0. The van der Waals surface area contributed by atoms with Crippen LogP contribution < -0.4 is 4.74 Å². The number of thioether (sulfide) groups is 1. The van der Waals surface area contributed by atoms with Gasteiger partial charge in [0, 0.05) is 10.6 Å². The molecule has 0 saturated carbocycles. The number of halogens is 3. The second-order valence-electron chi connectivity index (χ2n) is 6.32. The minimum absolute atomic E-state index is 0.671. The smallest absolute Gasteiger partial charge is 0.493 e. The monoisotopic (exact) mass is 436 g/mol. The quantitative estimate of drug-likeness (QED) is 0.355. The highest BCUT2D eigenvalue weighted by Crippen LogP contribution is 2.44. The Morgan fingerprint density at radius 2 is 1.82 bits per heavy atom. The molecular weight excluding hydrogens is 413 g/mol. The van der Waals surface area contributed by atoms with E-state index in [-0.39, 0.29) is 0 Å². The number of ether oxygens (including phenoxy) is 1. The van der Waals surface area contributed by atoms with Crippen LogP contribution >= 0.6 is 11.8 Å². The third-order valence-electron chi connectivity index (χ3n) is 4.24. The van der Waals surface area contributed by atoms with E-state index in [1.807, 2.05) is 0 Å². The average molecular weight is 437 g/mol. The number of alkyl halides is 3. The van der Waals surface area contributed by atoms with Crippen LogP contribution in [0.3, 0.4) is 0 Å². The van der Waals surface area contributed by atoms with Crippen LogP contribution in [0.1, 0.15) is 43.4 Å². The van der Waals surface area contributed by atoms with Gasteiger partial charge in [-0.1, -0.05) is 43.7 Å². The lowest BCUT2D eigenvalue weighted by Gasteiger charge is -2.16. The Balaban J connectivity index is 0.000000300. The van der Waals surface area contributed by atoms with Crippen LogP contribution in [-0.4, -0.2) is 30.8 Å². The van der Waals surface area contributed by atoms with Gasteiger partial charge >= 0.3 is 15.6 Å². The molecule has 9 heteroatoms. The Kier molecular flexibility index (Phi) is 8.03. The number of fused-ring (bicyclic) bond motifs is 1. The van der Waals surface area contributed by atoms with E-state index in [4.69, 9.17) is 17.7 Å². The molecule has 1 fully saturated rings. The van der Waals surface area contributed by atoms with Crippen molar-refractivity contribution in [3.05, 3.63) is 42.0 Å². The molecule has 0 amide bonds. The summed E-state index contributed by atoms with van der Waals surface area (Å²) in [6, 6.07) is 13.1. The minimum atomic E-state index is -5.84. The minimum Gasteiger partial charge on any atom is -0.493 e. The maximum absolute atomic E-state index is 10.7. The van der Waals surface area contributed by atoms with Crippen molar-refractivity contribution in [3.8, 4) is 5.75 Å². The maximum atomic E-state index is 10.7. The number of hydrogen-bond acceptors (Lipinski definition) is 4. The summed E-state index contributed by atoms with van der Waals surface area (Å²) >= 11 is 2.10. The fraction of sp³-hybridized carbons (Fsp3) is 0.474. The number of unbranched alkanes of at least 4 members (excludes halogenated alkanes) is 1. The normalized spacial score (nSPS) is 17.2. The number of benzene rings is 2. The highest BCUT2D eigenvalue weighted by molar-refractivity contribution is 7.99. The molecule has 1 aliphatic heterocycles. The van der Waals surface area contributed by atoms with Crippen LogP contribution in [-0.2, 0) is 10.1 Å². The molecule has 1 N–H and O–H groups in total. The first-order valence-corrected chi connectivity index (χ1v) is 11.4. The van der Waals surface area contributed by atoms with Crippen molar-refractivity contribution in [2.75, 3.05) is 12.4 Å². The standard InChI is InChI=1S/C18H22OS.CHF3O3S/c1-2-3-12-19-17-11-10-16(18-9-6-13-20-18)14-7-4-5-8-15(14)17;2-1(3,4)8(5,6)7/h4-5,7-8,10-11,18H,2-3,6,9,12-13H2,1H3;(H,5,6,7). The molecule has 0 spiro atoms. The Labute approximate surface area is 167 Å². The van der Waals surface area contributed by atoms with Gasteiger partial charge in [0.15, 0.2) is 0 Å². The van der Waals surface area contributed by atoms with Gasteiger partial charge in [-0.3, -0.25) is 4.55 Å². The Bertz CT molecular complexity index is 876. The molecule has 4 nitrogen and oxygen atoms in total.